The molecule has 18 heavy (non-hydrogen) atoms. The first-order valence-electron chi connectivity index (χ1n) is 5.24. The molecule has 0 atom stereocenters. The summed E-state index contributed by atoms with van der Waals surface area (Å²) in [5, 5.41) is 2.96. The van der Waals surface area contributed by atoms with E-state index < -0.39 is 10.0 Å². The van der Waals surface area contributed by atoms with Gasteiger partial charge in [-0.3, -0.25) is 4.79 Å². The molecule has 1 aromatic rings. The molecule has 1 aliphatic heterocycles. The molecule has 0 bridgehead atoms. The molecule has 0 aliphatic carbocycles. The zero-order chi connectivity index (χ0) is 13.3. The molecule has 98 valence electrons. The first kappa shape index (κ1) is 13.3. The van der Waals surface area contributed by atoms with Gasteiger partial charge in [-0.25, -0.2) is 17.7 Å². The van der Waals surface area contributed by atoms with Crippen LogP contribution in [0.15, 0.2) is 18.3 Å². The molecule has 1 fully saturated rings. The summed E-state index contributed by atoms with van der Waals surface area (Å²) in [4.78, 5) is 15.6. The van der Waals surface area contributed by atoms with Crippen molar-refractivity contribution in [3.8, 4) is 0 Å². The third kappa shape index (κ3) is 2.98. The summed E-state index contributed by atoms with van der Waals surface area (Å²) < 4.78 is 23.6. The first-order valence-corrected chi connectivity index (χ1v) is 7.46. The first-order chi connectivity index (χ1) is 8.36. The van der Waals surface area contributed by atoms with E-state index in [0.29, 0.717) is 10.8 Å². The maximum Gasteiger partial charge on any atom is 0.230 e. The molecule has 1 saturated heterocycles. The van der Waals surface area contributed by atoms with Crippen molar-refractivity contribution in [2.45, 2.75) is 0 Å². The van der Waals surface area contributed by atoms with E-state index in [1.54, 1.807) is 6.07 Å². The molecule has 1 aliphatic rings. The number of sulfonamides is 1. The Morgan fingerprint density at radius 2 is 2.22 bits per heavy atom. The summed E-state index contributed by atoms with van der Waals surface area (Å²) >= 11 is 5.69. The van der Waals surface area contributed by atoms with Gasteiger partial charge in [0.2, 0.25) is 15.9 Å². The third-order valence-corrected chi connectivity index (χ3v) is 4.12. The zero-order valence-electron chi connectivity index (χ0n) is 9.63. The molecule has 2 heterocycles. The molecule has 1 N–H and O–H groups in total. The highest BCUT2D eigenvalue weighted by Crippen LogP contribution is 2.21. The molecule has 0 spiro atoms. The number of hydrogen-bond acceptors (Lipinski definition) is 4. The summed E-state index contributed by atoms with van der Waals surface area (Å²) in [6, 6.07) is 3.16. The Balaban J connectivity index is 1.92. The SMILES string of the molecule is CS(=O)(=O)N1CC(C(=O)Nc2ccnc(Cl)c2)C1. The van der Waals surface area contributed by atoms with Crippen molar-refractivity contribution in [2.24, 2.45) is 5.92 Å². The lowest BCUT2D eigenvalue weighted by molar-refractivity contribution is -0.122. The highest BCUT2D eigenvalue weighted by atomic mass is 35.5. The smallest absolute Gasteiger partial charge is 0.230 e. The van der Waals surface area contributed by atoms with Gasteiger partial charge >= 0.3 is 0 Å². The van der Waals surface area contributed by atoms with Gasteiger partial charge in [0.15, 0.2) is 0 Å². The Bertz CT molecular complexity index is 569. The maximum atomic E-state index is 11.8. The number of aromatic nitrogens is 1. The van der Waals surface area contributed by atoms with Gasteiger partial charge in [-0.1, -0.05) is 11.6 Å². The molecule has 0 saturated carbocycles. The van der Waals surface area contributed by atoms with Crippen molar-refractivity contribution in [3.63, 3.8) is 0 Å². The fraction of sp³-hybridized carbons (Fsp3) is 0.400. The van der Waals surface area contributed by atoms with Crippen LogP contribution in [0.25, 0.3) is 0 Å². The van der Waals surface area contributed by atoms with Crippen LogP contribution >= 0.6 is 11.6 Å². The van der Waals surface area contributed by atoms with Crippen LogP contribution in [-0.4, -0.2) is 43.0 Å². The van der Waals surface area contributed by atoms with Gasteiger partial charge in [0, 0.05) is 25.0 Å². The van der Waals surface area contributed by atoms with Crippen molar-refractivity contribution in [3.05, 3.63) is 23.5 Å². The van der Waals surface area contributed by atoms with E-state index in [4.69, 9.17) is 11.6 Å². The second kappa shape index (κ2) is 4.83. The Hall–Kier alpha value is -1.18. The molecule has 2 rings (SSSR count). The van der Waals surface area contributed by atoms with Gasteiger partial charge in [-0.05, 0) is 12.1 Å². The Morgan fingerprint density at radius 1 is 1.56 bits per heavy atom. The predicted molar refractivity (Wildman–Crippen MR) is 67.8 cm³/mol. The van der Waals surface area contributed by atoms with Crippen LogP contribution in [0.3, 0.4) is 0 Å². The minimum atomic E-state index is -3.19. The maximum absolute atomic E-state index is 11.8. The zero-order valence-corrected chi connectivity index (χ0v) is 11.2. The fourth-order valence-electron chi connectivity index (χ4n) is 1.60. The van der Waals surface area contributed by atoms with Crippen LogP contribution in [-0.2, 0) is 14.8 Å². The molecule has 1 amide bonds. The lowest BCUT2D eigenvalue weighted by atomic mass is 10.0. The van der Waals surface area contributed by atoms with Crippen molar-refractivity contribution in [2.75, 3.05) is 24.7 Å². The van der Waals surface area contributed by atoms with Gasteiger partial charge in [0.25, 0.3) is 0 Å². The fourth-order valence-corrected chi connectivity index (χ4v) is 2.67. The van der Waals surface area contributed by atoms with Gasteiger partial charge in [0.05, 0.1) is 12.2 Å². The number of hydrogen-bond donors (Lipinski definition) is 1. The average Bonchev–Trinajstić information content (AvgIpc) is 2.11. The normalized spacial score (nSPS) is 17.2. The van der Waals surface area contributed by atoms with E-state index in [-0.39, 0.29) is 24.9 Å². The molecule has 0 radical (unpaired) electrons. The van der Waals surface area contributed by atoms with Crippen LogP contribution < -0.4 is 5.32 Å². The number of rotatable bonds is 3. The summed E-state index contributed by atoms with van der Waals surface area (Å²) in [5.74, 6) is -0.524. The van der Waals surface area contributed by atoms with Gasteiger partial charge in [0.1, 0.15) is 5.15 Å². The molecule has 1 aromatic heterocycles. The van der Waals surface area contributed by atoms with Crippen molar-refractivity contribution < 1.29 is 13.2 Å². The lowest BCUT2D eigenvalue weighted by Crippen LogP contribution is -2.53. The Labute approximate surface area is 110 Å². The number of halogens is 1. The van der Waals surface area contributed by atoms with Gasteiger partial charge in [-0.2, -0.15) is 0 Å². The predicted octanol–water partition coefficient (Wildman–Crippen LogP) is 0.565. The molecule has 0 aromatic carbocycles. The largest absolute Gasteiger partial charge is 0.326 e. The number of anilines is 1. The third-order valence-electron chi connectivity index (χ3n) is 2.68. The van der Waals surface area contributed by atoms with E-state index in [2.05, 4.69) is 10.3 Å². The number of carbonyl (C=O) groups is 1. The number of nitrogens with one attached hydrogen (secondary N) is 1. The van der Waals surface area contributed by atoms with Crippen molar-refractivity contribution in [1.82, 2.24) is 9.29 Å². The van der Waals surface area contributed by atoms with Gasteiger partial charge < -0.3 is 5.32 Å². The van der Waals surface area contributed by atoms with E-state index in [9.17, 15) is 13.2 Å². The summed E-state index contributed by atoms with van der Waals surface area (Å²) in [6.07, 6.45) is 2.62. The van der Waals surface area contributed by atoms with Crippen molar-refractivity contribution in [1.29, 1.82) is 0 Å². The topological polar surface area (TPSA) is 79.4 Å². The lowest BCUT2D eigenvalue weighted by Gasteiger charge is -2.35. The standard InChI is InChI=1S/C10H12ClN3O3S/c1-18(16,17)14-5-7(6-14)10(15)13-8-2-3-12-9(11)4-8/h2-4,7H,5-6H2,1H3,(H,12,13,15). The second-order valence-corrected chi connectivity index (χ2v) is 6.50. The van der Waals surface area contributed by atoms with Crippen LogP contribution in [0.2, 0.25) is 5.15 Å². The van der Waals surface area contributed by atoms with E-state index in [1.165, 1.54) is 16.6 Å². The van der Waals surface area contributed by atoms with Crippen LogP contribution in [0.4, 0.5) is 5.69 Å². The van der Waals surface area contributed by atoms with Crippen molar-refractivity contribution >= 4 is 33.2 Å². The Kier molecular flexibility index (Phi) is 3.56. The quantitative estimate of drug-likeness (QED) is 0.825. The highest BCUT2D eigenvalue weighted by molar-refractivity contribution is 7.88. The molecule has 6 nitrogen and oxygen atoms in total. The average molecular weight is 290 g/mol. The number of nitrogens with zero attached hydrogens (tertiary/aromatic N) is 2. The molecule has 8 heteroatoms. The molecule has 0 unspecified atom stereocenters. The summed E-state index contributed by atoms with van der Waals surface area (Å²) in [6.45, 7) is 0.451. The van der Waals surface area contributed by atoms with Crippen LogP contribution in [0, 0.1) is 5.92 Å². The van der Waals surface area contributed by atoms with Crippen LogP contribution in [0.1, 0.15) is 0 Å². The van der Waals surface area contributed by atoms with E-state index >= 15 is 0 Å². The van der Waals surface area contributed by atoms with E-state index in [1.807, 2.05) is 0 Å². The number of amides is 1. The Morgan fingerprint density at radius 3 is 2.78 bits per heavy atom. The second-order valence-electron chi connectivity index (χ2n) is 4.13. The summed E-state index contributed by atoms with van der Waals surface area (Å²) in [7, 11) is -3.19. The molecular weight excluding hydrogens is 278 g/mol. The molecular formula is C10H12ClN3O3S. The monoisotopic (exact) mass is 289 g/mol. The van der Waals surface area contributed by atoms with Crippen LogP contribution in [0.5, 0.6) is 0 Å². The minimum absolute atomic E-state index is 0.211. The summed E-state index contributed by atoms with van der Waals surface area (Å²) in [5.41, 5.74) is 0.554. The van der Waals surface area contributed by atoms with E-state index in [0.717, 1.165) is 6.26 Å². The number of carbonyl (C=O) groups excluding carboxylic acids is 1. The van der Waals surface area contributed by atoms with Gasteiger partial charge in [-0.15, -0.1) is 0 Å². The number of pyridine rings is 1. The minimum Gasteiger partial charge on any atom is -0.326 e. The highest BCUT2D eigenvalue weighted by Gasteiger charge is 2.37.